The Labute approximate surface area is 271 Å². The topological polar surface area (TPSA) is 110 Å². The third-order valence-corrected chi connectivity index (χ3v) is 8.30. The Bertz CT molecular complexity index is 707. The molecule has 6 nitrogen and oxygen atoms in total. The summed E-state index contributed by atoms with van der Waals surface area (Å²) in [7, 11) is 0. The molecule has 0 heterocycles. The minimum atomic E-state index is -1.29. The van der Waals surface area contributed by atoms with Crippen molar-refractivity contribution in [2.45, 2.75) is 192 Å². The molecule has 0 aliphatic heterocycles. The summed E-state index contributed by atoms with van der Waals surface area (Å²) in [5.41, 5.74) is 0. The number of amides is 1. The van der Waals surface area contributed by atoms with Crippen LogP contribution < -0.4 is 5.32 Å². The van der Waals surface area contributed by atoms with Crippen LogP contribution in [0.15, 0.2) is 36.5 Å². The number of allylic oxidation sites excluding steroid dienone is 6. The first-order valence-electron chi connectivity index (χ1n) is 18.4. The molecule has 0 aliphatic rings. The minimum absolute atomic E-state index is 0.352. The van der Waals surface area contributed by atoms with Crippen LogP contribution in [0.5, 0.6) is 0 Å². The molecule has 0 rings (SSSR count). The molecule has 0 spiro atoms. The highest BCUT2D eigenvalue weighted by molar-refractivity contribution is 5.80. The Kier molecular flexibility index (Phi) is 31.8. The van der Waals surface area contributed by atoms with E-state index in [0.717, 1.165) is 57.8 Å². The first-order valence-corrected chi connectivity index (χ1v) is 18.4. The Morgan fingerprint density at radius 3 is 1.48 bits per heavy atom. The Morgan fingerprint density at radius 2 is 0.955 bits per heavy atom. The first kappa shape index (κ1) is 42.5. The fraction of sp³-hybridized carbons (Fsp3) is 0.816. The predicted octanol–water partition coefficient (Wildman–Crippen LogP) is 8.62. The van der Waals surface area contributed by atoms with E-state index in [1.54, 1.807) is 0 Å². The average Bonchev–Trinajstić information content (AvgIpc) is 3.03. The number of nitrogens with one attached hydrogen (secondary N) is 1. The number of carbonyl (C=O) groups is 1. The standard InChI is InChI=1S/C38H71NO5/c1-3-5-7-9-11-13-15-17-18-19-20-22-24-26-28-30-32-36(42)38(44)39-34(33-40)37(43)35(41)31-29-27-25-23-21-16-14-12-10-8-6-4-2/h12,14,17-18,23,25,34-37,40-43H,3-11,13,15-16,19-22,24,26-33H2,1-2H3,(H,39,44)/b14-12+,18-17-,25-23+. The van der Waals surface area contributed by atoms with Crippen LogP contribution in [0.25, 0.3) is 0 Å². The number of aliphatic hydroxyl groups excluding tert-OH is 4. The van der Waals surface area contributed by atoms with Gasteiger partial charge in [-0.25, -0.2) is 0 Å². The van der Waals surface area contributed by atoms with Gasteiger partial charge in [0, 0.05) is 0 Å². The van der Waals surface area contributed by atoms with E-state index < -0.39 is 36.9 Å². The van der Waals surface area contributed by atoms with Gasteiger partial charge in [-0.3, -0.25) is 4.79 Å². The minimum Gasteiger partial charge on any atom is -0.394 e. The van der Waals surface area contributed by atoms with Crippen LogP contribution >= 0.6 is 0 Å². The molecule has 44 heavy (non-hydrogen) atoms. The molecule has 0 saturated carbocycles. The maximum absolute atomic E-state index is 12.4. The summed E-state index contributed by atoms with van der Waals surface area (Å²) in [6, 6.07) is -1.01. The number of aliphatic hydroxyl groups is 4. The van der Waals surface area contributed by atoms with Crippen molar-refractivity contribution in [3.8, 4) is 0 Å². The fourth-order valence-electron chi connectivity index (χ4n) is 5.29. The van der Waals surface area contributed by atoms with Gasteiger partial charge in [0.15, 0.2) is 0 Å². The Hall–Kier alpha value is -1.47. The molecule has 0 aromatic rings. The van der Waals surface area contributed by atoms with Crippen molar-refractivity contribution in [3.05, 3.63) is 36.5 Å². The second-order valence-electron chi connectivity index (χ2n) is 12.5. The van der Waals surface area contributed by atoms with E-state index >= 15 is 0 Å². The maximum atomic E-state index is 12.4. The van der Waals surface area contributed by atoms with Gasteiger partial charge in [-0.05, 0) is 77.0 Å². The van der Waals surface area contributed by atoms with Crippen molar-refractivity contribution in [1.29, 1.82) is 0 Å². The molecule has 4 unspecified atom stereocenters. The zero-order valence-corrected chi connectivity index (χ0v) is 28.6. The highest BCUT2D eigenvalue weighted by Gasteiger charge is 2.28. The van der Waals surface area contributed by atoms with E-state index in [1.165, 1.54) is 77.0 Å². The van der Waals surface area contributed by atoms with Crippen molar-refractivity contribution >= 4 is 5.91 Å². The molecule has 0 fully saturated rings. The molecule has 258 valence electrons. The van der Waals surface area contributed by atoms with Crippen molar-refractivity contribution in [2.24, 2.45) is 0 Å². The zero-order chi connectivity index (χ0) is 32.5. The van der Waals surface area contributed by atoms with Crippen LogP contribution in [0.1, 0.15) is 168 Å². The summed E-state index contributed by atoms with van der Waals surface area (Å²) < 4.78 is 0. The highest BCUT2D eigenvalue weighted by Crippen LogP contribution is 2.13. The van der Waals surface area contributed by atoms with Crippen LogP contribution in [0.2, 0.25) is 0 Å². The van der Waals surface area contributed by atoms with Gasteiger partial charge >= 0.3 is 0 Å². The van der Waals surface area contributed by atoms with E-state index in [9.17, 15) is 25.2 Å². The van der Waals surface area contributed by atoms with Crippen molar-refractivity contribution in [2.75, 3.05) is 6.61 Å². The molecule has 1 amide bonds. The summed E-state index contributed by atoms with van der Waals surface area (Å²) in [5, 5.41) is 43.3. The van der Waals surface area contributed by atoms with Gasteiger partial charge in [-0.15, -0.1) is 0 Å². The largest absolute Gasteiger partial charge is 0.394 e. The lowest BCUT2D eigenvalue weighted by Crippen LogP contribution is -2.53. The van der Waals surface area contributed by atoms with Crippen LogP contribution in [0.4, 0.5) is 0 Å². The molecule has 0 aliphatic carbocycles. The molecule has 4 atom stereocenters. The third-order valence-electron chi connectivity index (χ3n) is 8.30. The molecule has 6 heteroatoms. The Balaban J connectivity index is 3.90. The number of hydrogen-bond donors (Lipinski definition) is 5. The molecule has 0 aromatic heterocycles. The average molecular weight is 622 g/mol. The second-order valence-corrected chi connectivity index (χ2v) is 12.5. The maximum Gasteiger partial charge on any atom is 0.249 e. The summed E-state index contributed by atoms with van der Waals surface area (Å²) in [6.45, 7) is 3.96. The van der Waals surface area contributed by atoms with Crippen LogP contribution in [-0.2, 0) is 4.79 Å². The monoisotopic (exact) mass is 622 g/mol. The van der Waals surface area contributed by atoms with Gasteiger partial charge in [0.25, 0.3) is 0 Å². The van der Waals surface area contributed by atoms with Crippen molar-refractivity contribution in [3.63, 3.8) is 0 Å². The Morgan fingerprint density at radius 1 is 0.545 bits per heavy atom. The molecule has 0 radical (unpaired) electrons. The van der Waals surface area contributed by atoms with Gasteiger partial charge in [0.1, 0.15) is 12.2 Å². The molecule has 0 aromatic carbocycles. The summed E-state index contributed by atoms with van der Waals surface area (Å²) in [5.74, 6) is -0.606. The first-order chi connectivity index (χ1) is 21.5. The van der Waals surface area contributed by atoms with Gasteiger partial charge < -0.3 is 25.7 Å². The highest BCUT2D eigenvalue weighted by atomic mass is 16.3. The third kappa shape index (κ3) is 26.9. The van der Waals surface area contributed by atoms with Gasteiger partial charge in [-0.1, -0.05) is 127 Å². The molecule has 0 saturated heterocycles. The number of carbonyl (C=O) groups excluding carboxylic acids is 1. The SMILES string of the molecule is CCCCC/C=C/CC/C=C/CCCC(O)C(O)C(CO)NC(=O)C(O)CCCCCCCC/C=C\CCCCCCCC. The number of hydrogen-bond acceptors (Lipinski definition) is 5. The number of unbranched alkanes of at least 4 members (excludes halogenated alkanes) is 17. The van der Waals surface area contributed by atoms with E-state index in [1.807, 2.05) is 0 Å². The summed E-state index contributed by atoms with van der Waals surface area (Å²) in [6.07, 6.45) is 35.9. The molecule has 0 bridgehead atoms. The quantitative estimate of drug-likeness (QED) is 0.0382. The second kappa shape index (κ2) is 32.9. The van der Waals surface area contributed by atoms with E-state index in [0.29, 0.717) is 19.3 Å². The van der Waals surface area contributed by atoms with Crippen LogP contribution in [-0.4, -0.2) is 57.3 Å². The summed E-state index contributed by atoms with van der Waals surface area (Å²) >= 11 is 0. The molecule has 5 N–H and O–H groups in total. The van der Waals surface area contributed by atoms with Gasteiger partial charge in [-0.2, -0.15) is 0 Å². The normalized spacial score (nSPS) is 15.0. The fourth-order valence-corrected chi connectivity index (χ4v) is 5.29. The van der Waals surface area contributed by atoms with Gasteiger partial charge in [0.05, 0.1) is 18.8 Å². The van der Waals surface area contributed by atoms with E-state index in [4.69, 9.17) is 0 Å². The lowest BCUT2D eigenvalue weighted by atomic mass is 10.00. The van der Waals surface area contributed by atoms with Gasteiger partial charge in [0.2, 0.25) is 5.91 Å². The van der Waals surface area contributed by atoms with Crippen molar-refractivity contribution < 1.29 is 25.2 Å². The predicted molar refractivity (Wildman–Crippen MR) is 187 cm³/mol. The smallest absolute Gasteiger partial charge is 0.249 e. The van der Waals surface area contributed by atoms with E-state index in [2.05, 4.69) is 55.6 Å². The number of rotatable bonds is 32. The lowest BCUT2D eigenvalue weighted by molar-refractivity contribution is -0.132. The zero-order valence-electron chi connectivity index (χ0n) is 28.6. The van der Waals surface area contributed by atoms with Crippen LogP contribution in [0, 0.1) is 0 Å². The summed E-state index contributed by atoms with van der Waals surface area (Å²) in [4.78, 5) is 12.4. The van der Waals surface area contributed by atoms with Crippen molar-refractivity contribution in [1.82, 2.24) is 5.32 Å². The lowest BCUT2D eigenvalue weighted by Gasteiger charge is -2.27. The van der Waals surface area contributed by atoms with Crippen LogP contribution in [0.3, 0.4) is 0 Å². The van der Waals surface area contributed by atoms with E-state index in [-0.39, 0.29) is 0 Å². The molecular weight excluding hydrogens is 550 g/mol. The molecular formula is C38H71NO5.